The van der Waals surface area contributed by atoms with Crippen molar-refractivity contribution in [3.63, 3.8) is 0 Å². The number of morpholine rings is 1. The standard InChI is InChI=1S/C25H28FN3O5S/c1-17-12-29(13-18(2)34-17)25(31)15-28-14-23(21-5-3-4-6-22(21)28)35(32,33)16-24(30)27-11-19-7-9-20(26)10-8-19/h3-10,14,17-18H,11-13,15-16H2,1-2H3,(H,27,30). The number of hydrogen-bond donors (Lipinski definition) is 1. The molecule has 0 spiro atoms. The molecule has 1 N–H and O–H groups in total. The van der Waals surface area contributed by atoms with Crippen molar-refractivity contribution < 1.29 is 27.1 Å². The van der Waals surface area contributed by atoms with Crippen LogP contribution in [-0.2, 0) is 37.3 Å². The molecule has 1 aromatic heterocycles. The predicted molar refractivity (Wildman–Crippen MR) is 129 cm³/mol. The summed E-state index contributed by atoms with van der Waals surface area (Å²) < 4.78 is 46.7. The second-order valence-electron chi connectivity index (χ2n) is 8.86. The van der Waals surface area contributed by atoms with E-state index in [0.29, 0.717) is 29.6 Å². The van der Waals surface area contributed by atoms with Crippen LogP contribution >= 0.6 is 0 Å². The molecule has 1 fully saturated rings. The van der Waals surface area contributed by atoms with E-state index in [2.05, 4.69) is 5.32 Å². The molecule has 35 heavy (non-hydrogen) atoms. The largest absolute Gasteiger partial charge is 0.372 e. The summed E-state index contributed by atoms with van der Waals surface area (Å²) in [6, 6.07) is 12.5. The molecule has 2 aromatic carbocycles. The number of fused-ring (bicyclic) bond motifs is 1. The monoisotopic (exact) mass is 501 g/mol. The summed E-state index contributed by atoms with van der Waals surface area (Å²) in [4.78, 5) is 27.1. The Labute approximate surface area is 203 Å². The summed E-state index contributed by atoms with van der Waals surface area (Å²) >= 11 is 0. The third-order valence-corrected chi connectivity index (χ3v) is 7.53. The highest BCUT2D eigenvalue weighted by molar-refractivity contribution is 7.92. The lowest BCUT2D eigenvalue weighted by molar-refractivity contribution is -0.143. The number of nitrogens with zero attached hydrogens (tertiary/aromatic N) is 2. The number of nitrogens with one attached hydrogen (secondary N) is 1. The van der Waals surface area contributed by atoms with E-state index in [9.17, 15) is 22.4 Å². The molecule has 0 radical (unpaired) electrons. The van der Waals surface area contributed by atoms with E-state index >= 15 is 0 Å². The first-order chi connectivity index (χ1) is 16.6. The van der Waals surface area contributed by atoms with Gasteiger partial charge in [0.05, 0.1) is 17.1 Å². The zero-order chi connectivity index (χ0) is 25.2. The summed E-state index contributed by atoms with van der Waals surface area (Å²) in [5, 5.41) is 3.02. The first kappa shape index (κ1) is 24.9. The second-order valence-corrected chi connectivity index (χ2v) is 10.8. The highest BCUT2D eigenvalue weighted by Gasteiger charge is 2.28. The van der Waals surface area contributed by atoms with Crippen LogP contribution < -0.4 is 5.32 Å². The highest BCUT2D eigenvalue weighted by atomic mass is 32.2. The van der Waals surface area contributed by atoms with Crippen LogP contribution in [0.1, 0.15) is 19.4 Å². The Balaban J connectivity index is 1.51. The molecule has 2 amide bonds. The van der Waals surface area contributed by atoms with E-state index in [0.717, 1.165) is 0 Å². The summed E-state index contributed by atoms with van der Waals surface area (Å²) in [6.45, 7) is 4.83. The number of carbonyl (C=O) groups excluding carboxylic acids is 2. The fourth-order valence-electron chi connectivity index (χ4n) is 4.32. The van der Waals surface area contributed by atoms with Crippen LogP contribution in [0, 0.1) is 5.82 Å². The van der Waals surface area contributed by atoms with Crippen LogP contribution in [-0.4, -0.2) is 60.7 Å². The fraction of sp³-hybridized carbons (Fsp3) is 0.360. The summed E-state index contributed by atoms with van der Waals surface area (Å²) in [7, 11) is -3.99. The van der Waals surface area contributed by atoms with Gasteiger partial charge in [-0.1, -0.05) is 30.3 Å². The number of halogens is 1. The highest BCUT2D eigenvalue weighted by Crippen LogP contribution is 2.27. The van der Waals surface area contributed by atoms with E-state index in [4.69, 9.17) is 4.74 Å². The molecule has 1 saturated heterocycles. The Hall–Kier alpha value is -3.24. The number of benzene rings is 2. The molecule has 2 unspecified atom stereocenters. The Morgan fingerprint density at radius 3 is 2.40 bits per heavy atom. The normalized spacial score (nSPS) is 18.5. The maximum Gasteiger partial charge on any atom is 0.242 e. The Morgan fingerprint density at radius 2 is 1.71 bits per heavy atom. The van der Waals surface area contributed by atoms with Gasteiger partial charge in [-0.05, 0) is 37.6 Å². The quantitative estimate of drug-likeness (QED) is 0.537. The van der Waals surface area contributed by atoms with Crippen molar-refractivity contribution in [1.29, 1.82) is 0 Å². The van der Waals surface area contributed by atoms with Crippen LogP contribution in [0.5, 0.6) is 0 Å². The maximum absolute atomic E-state index is 13.2. The molecule has 1 aliphatic rings. The van der Waals surface area contributed by atoms with Gasteiger partial charge in [-0.25, -0.2) is 12.8 Å². The van der Waals surface area contributed by atoms with Crippen molar-refractivity contribution in [2.75, 3.05) is 18.8 Å². The average Bonchev–Trinajstić information content (AvgIpc) is 3.17. The first-order valence-corrected chi connectivity index (χ1v) is 13.0. The van der Waals surface area contributed by atoms with Gasteiger partial charge in [0.15, 0.2) is 9.84 Å². The zero-order valence-electron chi connectivity index (χ0n) is 19.6. The lowest BCUT2D eigenvalue weighted by Crippen LogP contribution is -2.49. The van der Waals surface area contributed by atoms with Gasteiger partial charge in [-0.15, -0.1) is 0 Å². The summed E-state index contributed by atoms with van der Waals surface area (Å²) in [6.07, 6.45) is 1.28. The molecular weight excluding hydrogens is 473 g/mol. The van der Waals surface area contributed by atoms with Crippen molar-refractivity contribution in [3.05, 3.63) is 66.1 Å². The minimum atomic E-state index is -3.99. The number of amides is 2. The molecule has 0 aliphatic carbocycles. The lowest BCUT2D eigenvalue weighted by Gasteiger charge is -2.35. The number of sulfone groups is 1. The third kappa shape index (κ3) is 5.88. The molecule has 0 saturated carbocycles. The van der Waals surface area contributed by atoms with Crippen molar-refractivity contribution in [2.24, 2.45) is 0 Å². The number of para-hydroxylation sites is 1. The van der Waals surface area contributed by atoms with Gasteiger partial charge in [-0.3, -0.25) is 9.59 Å². The van der Waals surface area contributed by atoms with Crippen molar-refractivity contribution >= 4 is 32.6 Å². The van der Waals surface area contributed by atoms with Crippen molar-refractivity contribution in [1.82, 2.24) is 14.8 Å². The number of aromatic nitrogens is 1. The van der Waals surface area contributed by atoms with Crippen molar-refractivity contribution in [3.8, 4) is 0 Å². The van der Waals surface area contributed by atoms with Gasteiger partial charge in [0.1, 0.15) is 18.1 Å². The van der Waals surface area contributed by atoms with Gasteiger partial charge in [0.25, 0.3) is 0 Å². The fourth-order valence-corrected chi connectivity index (χ4v) is 5.72. The molecule has 3 aromatic rings. The zero-order valence-corrected chi connectivity index (χ0v) is 20.4. The smallest absolute Gasteiger partial charge is 0.242 e. The average molecular weight is 502 g/mol. The van der Waals surface area contributed by atoms with Gasteiger partial charge >= 0.3 is 0 Å². The first-order valence-electron chi connectivity index (χ1n) is 11.4. The molecular formula is C25H28FN3O5S. The second kappa shape index (κ2) is 10.2. The molecule has 2 atom stereocenters. The van der Waals surface area contributed by atoms with Crippen LogP contribution in [0.2, 0.25) is 0 Å². The molecule has 186 valence electrons. The van der Waals surface area contributed by atoms with E-state index < -0.39 is 27.3 Å². The number of rotatable bonds is 7. The van der Waals surface area contributed by atoms with Crippen LogP contribution in [0.4, 0.5) is 4.39 Å². The molecule has 10 heteroatoms. The van der Waals surface area contributed by atoms with Gasteiger partial charge in [0, 0.05) is 36.7 Å². The lowest BCUT2D eigenvalue weighted by atomic mass is 10.2. The Morgan fingerprint density at radius 1 is 1.06 bits per heavy atom. The molecule has 8 nitrogen and oxygen atoms in total. The summed E-state index contributed by atoms with van der Waals surface area (Å²) in [5.41, 5.74) is 1.25. The van der Waals surface area contributed by atoms with E-state index in [1.165, 1.54) is 30.5 Å². The van der Waals surface area contributed by atoms with Gasteiger partial charge in [0.2, 0.25) is 11.8 Å². The van der Waals surface area contributed by atoms with E-state index in [1.807, 2.05) is 13.8 Å². The molecule has 0 bridgehead atoms. The van der Waals surface area contributed by atoms with Crippen LogP contribution in [0.25, 0.3) is 10.9 Å². The van der Waals surface area contributed by atoms with E-state index in [-0.39, 0.29) is 36.1 Å². The Kier molecular flexibility index (Phi) is 7.23. The van der Waals surface area contributed by atoms with Gasteiger partial charge < -0.3 is 19.5 Å². The van der Waals surface area contributed by atoms with Crippen LogP contribution in [0.15, 0.2) is 59.6 Å². The molecule has 1 aliphatic heterocycles. The number of carbonyl (C=O) groups is 2. The third-order valence-electron chi connectivity index (χ3n) is 5.89. The van der Waals surface area contributed by atoms with Crippen LogP contribution in [0.3, 0.4) is 0 Å². The maximum atomic E-state index is 13.2. The van der Waals surface area contributed by atoms with E-state index in [1.54, 1.807) is 33.7 Å². The molecule has 2 heterocycles. The summed E-state index contributed by atoms with van der Waals surface area (Å²) in [5.74, 6) is -1.93. The number of ether oxygens (including phenoxy) is 1. The SMILES string of the molecule is CC1CN(C(=O)Cn2cc(S(=O)(=O)CC(=O)NCc3ccc(F)cc3)c3ccccc32)CC(C)O1. The van der Waals surface area contributed by atoms with Gasteiger partial charge in [-0.2, -0.15) is 0 Å². The Bertz CT molecular complexity index is 1330. The minimum Gasteiger partial charge on any atom is -0.372 e. The molecule has 4 rings (SSSR count). The predicted octanol–water partition coefficient (Wildman–Crippen LogP) is 2.51. The topological polar surface area (TPSA) is 97.7 Å². The minimum absolute atomic E-state index is 0.00143. The van der Waals surface area contributed by atoms with Crippen molar-refractivity contribution in [2.45, 2.75) is 44.0 Å². The number of hydrogen-bond acceptors (Lipinski definition) is 5.